The van der Waals surface area contributed by atoms with Crippen molar-refractivity contribution in [2.45, 2.75) is 25.0 Å². The van der Waals surface area contributed by atoms with Crippen molar-refractivity contribution >= 4 is 17.3 Å². The molecule has 0 spiro atoms. The number of hydrogen-bond acceptors (Lipinski definition) is 5. The number of nitrogens with one attached hydrogen (secondary N) is 1. The second-order valence-corrected chi connectivity index (χ2v) is 12.2. The van der Waals surface area contributed by atoms with Gasteiger partial charge in [-0.15, -0.1) is 0 Å². The summed E-state index contributed by atoms with van der Waals surface area (Å²) in [6, 6.07) is 45.5. The van der Waals surface area contributed by atoms with E-state index in [-0.39, 0.29) is 5.91 Å². The van der Waals surface area contributed by atoms with Crippen molar-refractivity contribution in [1.29, 1.82) is 0 Å². The molecule has 0 aliphatic carbocycles. The van der Waals surface area contributed by atoms with Crippen molar-refractivity contribution in [1.82, 2.24) is 19.7 Å². The Balaban J connectivity index is 1.13. The SMILES string of the molecule is CN(C)c1ccccc1C(=O)Nc1ccc2c(c1)CCN(Cc1ncn(C(c3ccccc3)(c3ccccc3)c3ccccc3)n1)C2. The number of para-hydroxylation sites is 1. The van der Waals surface area contributed by atoms with E-state index < -0.39 is 5.54 Å². The first-order valence-corrected chi connectivity index (χ1v) is 16.0. The number of aromatic nitrogens is 3. The van der Waals surface area contributed by atoms with Gasteiger partial charge in [0.25, 0.3) is 5.91 Å². The smallest absolute Gasteiger partial charge is 0.257 e. The fourth-order valence-corrected chi connectivity index (χ4v) is 6.74. The van der Waals surface area contributed by atoms with Gasteiger partial charge in [0.15, 0.2) is 5.82 Å². The highest BCUT2D eigenvalue weighted by Gasteiger charge is 2.39. The summed E-state index contributed by atoms with van der Waals surface area (Å²) in [5.74, 6) is 0.676. The van der Waals surface area contributed by atoms with Gasteiger partial charge in [-0.1, -0.05) is 109 Å². The summed E-state index contributed by atoms with van der Waals surface area (Å²) in [6.45, 7) is 2.31. The van der Waals surface area contributed by atoms with Crippen molar-refractivity contribution in [3.05, 3.63) is 179 Å². The molecule has 5 aromatic carbocycles. The Labute approximate surface area is 276 Å². The second-order valence-electron chi connectivity index (χ2n) is 12.2. The van der Waals surface area contributed by atoms with Crippen LogP contribution in [0, 0.1) is 0 Å². The van der Waals surface area contributed by atoms with E-state index in [1.165, 1.54) is 11.1 Å². The minimum absolute atomic E-state index is 0.106. The molecule has 0 unspecified atom stereocenters. The molecule has 1 aliphatic heterocycles. The molecule has 47 heavy (non-hydrogen) atoms. The predicted molar refractivity (Wildman–Crippen MR) is 188 cm³/mol. The molecular weight excluding hydrogens is 580 g/mol. The molecule has 0 atom stereocenters. The normalized spacial score (nSPS) is 13.1. The quantitative estimate of drug-likeness (QED) is 0.177. The second kappa shape index (κ2) is 13.1. The summed E-state index contributed by atoms with van der Waals surface area (Å²) in [6.07, 6.45) is 2.76. The zero-order valence-corrected chi connectivity index (χ0v) is 26.8. The van der Waals surface area contributed by atoms with Crippen LogP contribution in [0.3, 0.4) is 0 Å². The van der Waals surface area contributed by atoms with Crippen LogP contribution in [0.25, 0.3) is 0 Å². The molecule has 7 nitrogen and oxygen atoms in total. The number of carbonyl (C=O) groups excluding carboxylic acids is 1. The topological polar surface area (TPSA) is 66.3 Å². The number of nitrogens with zero attached hydrogens (tertiary/aromatic N) is 5. The maximum absolute atomic E-state index is 13.1. The fourth-order valence-electron chi connectivity index (χ4n) is 6.74. The highest BCUT2D eigenvalue weighted by molar-refractivity contribution is 6.08. The van der Waals surface area contributed by atoms with Crippen LogP contribution in [-0.2, 0) is 25.0 Å². The third-order valence-electron chi connectivity index (χ3n) is 9.01. The first-order chi connectivity index (χ1) is 23.0. The number of hydrogen-bond donors (Lipinski definition) is 1. The van der Waals surface area contributed by atoms with Crippen LogP contribution in [0.5, 0.6) is 0 Å². The van der Waals surface area contributed by atoms with Gasteiger partial charge in [-0.3, -0.25) is 9.69 Å². The Morgan fingerprint density at radius 3 is 1.98 bits per heavy atom. The summed E-state index contributed by atoms with van der Waals surface area (Å²) in [5.41, 5.74) is 7.56. The van der Waals surface area contributed by atoms with E-state index in [2.05, 4.69) is 95.1 Å². The molecule has 7 heteroatoms. The van der Waals surface area contributed by atoms with Crippen molar-refractivity contribution < 1.29 is 4.79 Å². The number of fused-ring (bicyclic) bond motifs is 1. The molecule has 6 aromatic rings. The summed E-state index contributed by atoms with van der Waals surface area (Å²) in [5, 5.41) is 8.28. The monoisotopic (exact) mass is 618 g/mol. The zero-order chi connectivity index (χ0) is 32.2. The van der Waals surface area contributed by atoms with E-state index in [0.29, 0.717) is 12.1 Å². The minimum atomic E-state index is -0.683. The predicted octanol–water partition coefficient (Wildman–Crippen LogP) is 6.99. The van der Waals surface area contributed by atoms with Crippen LogP contribution >= 0.6 is 0 Å². The van der Waals surface area contributed by atoms with Gasteiger partial charge in [0.05, 0.1) is 12.1 Å². The highest BCUT2D eigenvalue weighted by atomic mass is 16.1. The lowest BCUT2D eigenvalue weighted by Gasteiger charge is -2.36. The van der Waals surface area contributed by atoms with Crippen molar-refractivity contribution in [3.8, 4) is 0 Å². The van der Waals surface area contributed by atoms with Crippen LogP contribution in [0.4, 0.5) is 11.4 Å². The first-order valence-electron chi connectivity index (χ1n) is 16.0. The van der Waals surface area contributed by atoms with Gasteiger partial charge in [0, 0.05) is 38.6 Å². The summed E-state index contributed by atoms with van der Waals surface area (Å²) < 4.78 is 2.03. The number of amides is 1. The van der Waals surface area contributed by atoms with Crippen LogP contribution in [-0.4, -0.2) is 46.2 Å². The number of rotatable bonds is 9. The summed E-state index contributed by atoms with van der Waals surface area (Å²) in [7, 11) is 3.89. The lowest BCUT2D eigenvalue weighted by Crippen LogP contribution is -2.38. The van der Waals surface area contributed by atoms with Gasteiger partial charge >= 0.3 is 0 Å². The molecule has 1 N–H and O–H groups in total. The van der Waals surface area contributed by atoms with Crippen molar-refractivity contribution in [2.24, 2.45) is 0 Å². The fraction of sp³-hybridized carbons (Fsp3) is 0.175. The Morgan fingerprint density at radius 2 is 1.36 bits per heavy atom. The van der Waals surface area contributed by atoms with E-state index >= 15 is 0 Å². The Morgan fingerprint density at radius 1 is 0.766 bits per heavy atom. The number of benzene rings is 5. The molecule has 1 aliphatic rings. The van der Waals surface area contributed by atoms with Crippen LogP contribution in [0.15, 0.2) is 140 Å². The molecule has 2 heterocycles. The molecule has 0 saturated heterocycles. The van der Waals surface area contributed by atoms with E-state index in [9.17, 15) is 4.79 Å². The van der Waals surface area contributed by atoms with Gasteiger partial charge in [-0.2, -0.15) is 5.10 Å². The van der Waals surface area contributed by atoms with Crippen LogP contribution < -0.4 is 10.2 Å². The van der Waals surface area contributed by atoms with Gasteiger partial charge < -0.3 is 10.2 Å². The number of carbonyl (C=O) groups is 1. The summed E-state index contributed by atoms with van der Waals surface area (Å²) >= 11 is 0. The third-order valence-corrected chi connectivity index (χ3v) is 9.01. The molecular formula is C40H38N6O. The van der Waals surface area contributed by atoms with Crippen molar-refractivity contribution in [3.63, 3.8) is 0 Å². The Kier molecular flexibility index (Phi) is 8.38. The molecule has 0 radical (unpaired) electrons. The molecule has 0 saturated carbocycles. The standard InChI is InChI=1S/C40H38N6O/c1-44(2)37-21-13-12-20-36(37)39(47)42-35-23-22-31-27-45(25-24-30(31)26-35)28-38-41-29-46(43-38)40(32-14-6-3-7-15-32,33-16-8-4-9-17-33)34-18-10-5-11-19-34/h3-23,26,29H,24-25,27-28H2,1-2H3,(H,42,47). The van der Waals surface area contributed by atoms with Crippen molar-refractivity contribution in [2.75, 3.05) is 30.9 Å². The molecule has 7 rings (SSSR count). The molecule has 1 amide bonds. The summed E-state index contributed by atoms with van der Waals surface area (Å²) in [4.78, 5) is 22.4. The molecule has 0 bridgehead atoms. The van der Waals surface area contributed by atoms with E-state index in [4.69, 9.17) is 10.1 Å². The largest absolute Gasteiger partial charge is 0.377 e. The van der Waals surface area contributed by atoms with E-state index in [1.54, 1.807) is 0 Å². The third kappa shape index (κ3) is 5.93. The maximum atomic E-state index is 13.1. The lowest BCUT2D eigenvalue weighted by atomic mass is 9.77. The van der Waals surface area contributed by atoms with Gasteiger partial charge in [-0.25, -0.2) is 9.67 Å². The van der Waals surface area contributed by atoms with E-state index in [1.807, 2.05) is 78.5 Å². The molecule has 0 fully saturated rings. The maximum Gasteiger partial charge on any atom is 0.257 e. The zero-order valence-electron chi connectivity index (χ0n) is 26.8. The van der Waals surface area contributed by atoms with Crippen LogP contribution in [0.1, 0.15) is 44.0 Å². The average molecular weight is 619 g/mol. The van der Waals surface area contributed by atoms with E-state index in [0.717, 1.165) is 53.4 Å². The molecule has 1 aromatic heterocycles. The number of anilines is 2. The van der Waals surface area contributed by atoms with Crippen LogP contribution in [0.2, 0.25) is 0 Å². The Hall–Kier alpha value is -5.53. The van der Waals surface area contributed by atoms with Gasteiger partial charge in [0.2, 0.25) is 0 Å². The van der Waals surface area contributed by atoms with Gasteiger partial charge in [-0.05, 0) is 58.5 Å². The Bertz CT molecular complexity index is 1870. The molecule has 234 valence electrons. The first kappa shape index (κ1) is 30.1. The lowest BCUT2D eigenvalue weighted by molar-refractivity contribution is 0.102. The van der Waals surface area contributed by atoms with Gasteiger partial charge in [0.1, 0.15) is 11.9 Å². The average Bonchev–Trinajstić information content (AvgIpc) is 3.58. The minimum Gasteiger partial charge on any atom is -0.377 e. The highest BCUT2D eigenvalue weighted by Crippen LogP contribution is 2.40.